The molecule has 1 aliphatic rings. The van der Waals surface area contributed by atoms with Crippen LogP contribution in [0, 0.1) is 0 Å². The molecule has 1 unspecified atom stereocenters. The van der Waals surface area contributed by atoms with Crippen LogP contribution in [0.4, 0.5) is 5.13 Å². The van der Waals surface area contributed by atoms with Crippen molar-refractivity contribution in [2.75, 3.05) is 25.2 Å². The van der Waals surface area contributed by atoms with Crippen LogP contribution >= 0.6 is 11.3 Å². The van der Waals surface area contributed by atoms with Crippen LogP contribution in [-0.4, -0.2) is 42.4 Å². The van der Waals surface area contributed by atoms with E-state index in [-0.39, 0.29) is 6.42 Å². The van der Waals surface area contributed by atoms with E-state index in [1.54, 1.807) is 5.38 Å². The highest BCUT2D eigenvalue weighted by Gasteiger charge is 2.22. The molecular weight excluding hydrogens is 228 g/mol. The maximum atomic E-state index is 10.5. The second-order valence-corrected chi connectivity index (χ2v) is 4.66. The second-order valence-electron chi connectivity index (χ2n) is 3.82. The number of aromatic nitrogens is 1. The summed E-state index contributed by atoms with van der Waals surface area (Å²) in [6.07, 6.45) is 0.996. The van der Waals surface area contributed by atoms with Gasteiger partial charge in [0.25, 0.3) is 0 Å². The third-order valence-electron chi connectivity index (χ3n) is 2.63. The first-order valence-corrected chi connectivity index (χ1v) is 6.01. The molecule has 2 heterocycles. The lowest BCUT2D eigenvalue weighted by Gasteiger charge is -2.21. The van der Waals surface area contributed by atoms with Gasteiger partial charge in [-0.2, -0.15) is 0 Å². The molecule has 1 fully saturated rings. The van der Waals surface area contributed by atoms with Crippen molar-refractivity contribution in [3.8, 4) is 0 Å². The zero-order chi connectivity index (χ0) is 11.5. The summed E-state index contributed by atoms with van der Waals surface area (Å²) in [5.74, 6) is -0.844. The molecule has 0 saturated carbocycles. The Bertz CT molecular complexity index is 374. The number of thiazole rings is 1. The van der Waals surface area contributed by atoms with Crippen LogP contribution in [0.15, 0.2) is 5.38 Å². The van der Waals surface area contributed by atoms with Gasteiger partial charge in [-0.05, 0) is 6.42 Å². The van der Waals surface area contributed by atoms with Crippen LogP contribution in [0.25, 0.3) is 0 Å². The Labute approximate surface area is 97.7 Å². The molecule has 0 spiro atoms. The molecule has 1 saturated heterocycles. The fourth-order valence-corrected chi connectivity index (χ4v) is 2.54. The minimum atomic E-state index is -0.844. The van der Waals surface area contributed by atoms with Gasteiger partial charge in [-0.15, -0.1) is 11.3 Å². The molecule has 0 aliphatic carbocycles. The van der Waals surface area contributed by atoms with Gasteiger partial charge in [-0.3, -0.25) is 4.79 Å². The number of aliphatic carboxylic acids is 1. The van der Waals surface area contributed by atoms with Crippen molar-refractivity contribution in [2.24, 2.45) is 0 Å². The van der Waals surface area contributed by atoms with Crippen molar-refractivity contribution in [2.45, 2.75) is 18.9 Å². The minimum absolute atomic E-state index is 0.00843. The third-order valence-corrected chi connectivity index (χ3v) is 3.61. The normalized spacial score (nSPS) is 19.9. The number of rotatable bonds is 4. The standard InChI is InChI=1S/C10H14N2O3S/c1-12(8-2-3-15-5-8)10-11-7(6-16-10)4-9(13)14/h6,8H,2-5H2,1H3,(H,13,14). The van der Waals surface area contributed by atoms with E-state index in [2.05, 4.69) is 9.88 Å². The summed E-state index contributed by atoms with van der Waals surface area (Å²) in [5, 5.41) is 11.3. The number of nitrogens with zero attached hydrogens (tertiary/aromatic N) is 2. The Morgan fingerprint density at radius 1 is 1.81 bits per heavy atom. The highest BCUT2D eigenvalue weighted by Crippen LogP contribution is 2.24. The Morgan fingerprint density at radius 3 is 3.25 bits per heavy atom. The first-order chi connectivity index (χ1) is 7.66. The molecule has 16 heavy (non-hydrogen) atoms. The Morgan fingerprint density at radius 2 is 2.62 bits per heavy atom. The number of anilines is 1. The molecule has 0 amide bonds. The number of carboxylic acid groups (broad SMARTS) is 1. The summed E-state index contributed by atoms with van der Waals surface area (Å²) in [5.41, 5.74) is 0.623. The molecule has 0 radical (unpaired) electrons. The topological polar surface area (TPSA) is 62.7 Å². The zero-order valence-corrected chi connectivity index (χ0v) is 9.87. The van der Waals surface area contributed by atoms with Gasteiger partial charge >= 0.3 is 5.97 Å². The average Bonchev–Trinajstić information content (AvgIpc) is 2.84. The van der Waals surface area contributed by atoms with E-state index in [9.17, 15) is 4.79 Å². The fourth-order valence-electron chi connectivity index (χ4n) is 1.68. The van der Waals surface area contributed by atoms with Gasteiger partial charge in [0.2, 0.25) is 0 Å². The molecule has 1 aliphatic heterocycles. The number of carbonyl (C=O) groups is 1. The quantitative estimate of drug-likeness (QED) is 0.853. The highest BCUT2D eigenvalue weighted by atomic mass is 32.1. The van der Waals surface area contributed by atoms with E-state index in [1.807, 2.05) is 7.05 Å². The first-order valence-electron chi connectivity index (χ1n) is 5.13. The van der Waals surface area contributed by atoms with Crippen LogP contribution in [-0.2, 0) is 16.0 Å². The summed E-state index contributed by atoms with van der Waals surface area (Å²) < 4.78 is 5.31. The van der Waals surface area contributed by atoms with E-state index in [1.165, 1.54) is 11.3 Å². The average molecular weight is 242 g/mol. The molecule has 2 rings (SSSR count). The van der Waals surface area contributed by atoms with Gasteiger partial charge < -0.3 is 14.7 Å². The summed E-state index contributed by atoms with van der Waals surface area (Å²) in [6, 6.07) is 0.365. The smallest absolute Gasteiger partial charge is 0.309 e. The lowest BCUT2D eigenvalue weighted by Crippen LogP contribution is -2.31. The van der Waals surface area contributed by atoms with Crippen LogP contribution < -0.4 is 4.90 Å². The predicted molar refractivity (Wildman–Crippen MR) is 61.1 cm³/mol. The first kappa shape index (κ1) is 11.3. The van der Waals surface area contributed by atoms with Crippen molar-refractivity contribution in [1.82, 2.24) is 4.98 Å². The maximum absolute atomic E-state index is 10.5. The Kier molecular flexibility index (Phi) is 3.40. The largest absolute Gasteiger partial charge is 0.481 e. The third kappa shape index (κ3) is 2.51. The number of hydrogen-bond acceptors (Lipinski definition) is 5. The monoisotopic (exact) mass is 242 g/mol. The van der Waals surface area contributed by atoms with Gasteiger partial charge in [0.05, 0.1) is 24.8 Å². The van der Waals surface area contributed by atoms with E-state index in [0.29, 0.717) is 11.7 Å². The van der Waals surface area contributed by atoms with Crippen molar-refractivity contribution >= 4 is 22.4 Å². The number of hydrogen-bond donors (Lipinski definition) is 1. The summed E-state index contributed by atoms with van der Waals surface area (Å²) >= 11 is 1.48. The molecule has 1 N–H and O–H groups in total. The Balaban J connectivity index is 2.02. The maximum Gasteiger partial charge on any atom is 0.309 e. The van der Waals surface area contributed by atoms with Gasteiger partial charge in [0.15, 0.2) is 5.13 Å². The molecule has 5 nitrogen and oxygen atoms in total. The molecule has 6 heteroatoms. The van der Waals surface area contributed by atoms with Crippen molar-refractivity contribution in [3.05, 3.63) is 11.1 Å². The van der Waals surface area contributed by atoms with Gasteiger partial charge in [0.1, 0.15) is 0 Å². The number of ether oxygens (including phenoxy) is 1. The molecule has 88 valence electrons. The molecule has 1 atom stereocenters. The summed E-state index contributed by atoms with van der Waals surface area (Å²) in [7, 11) is 1.97. The zero-order valence-electron chi connectivity index (χ0n) is 9.05. The van der Waals surface area contributed by atoms with Crippen molar-refractivity contribution in [1.29, 1.82) is 0 Å². The van der Waals surface area contributed by atoms with E-state index in [4.69, 9.17) is 9.84 Å². The molecule has 0 bridgehead atoms. The van der Waals surface area contributed by atoms with Gasteiger partial charge in [0, 0.05) is 19.0 Å². The van der Waals surface area contributed by atoms with Gasteiger partial charge in [-0.25, -0.2) is 4.98 Å². The SMILES string of the molecule is CN(c1nc(CC(=O)O)cs1)C1CCOC1. The van der Waals surface area contributed by atoms with E-state index < -0.39 is 5.97 Å². The molecule has 1 aromatic rings. The van der Waals surface area contributed by atoms with Crippen molar-refractivity contribution in [3.63, 3.8) is 0 Å². The van der Waals surface area contributed by atoms with Crippen LogP contribution in [0.3, 0.4) is 0 Å². The summed E-state index contributed by atoms with van der Waals surface area (Å²) in [6.45, 7) is 1.52. The molecule has 1 aromatic heterocycles. The number of likely N-dealkylation sites (N-methyl/N-ethyl adjacent to an activating group) is 1. The van der Waals surface area contributed by atoms with Crippen LogP contribution in [0.5, 0.6) is 0 Å². The fraction of sp³-hybridized carbons (Fsp3) is 0.600. The summed E-state index contributed by atoms with van der Waals surface area (Å²) in [4.78, 5) is 16.9. The predicted octanol–water partition coefficient (Wildman–Crippen LogP) is 0.995. The van der Waals surface area contributed by atoms with Crippen molar-refractivity contribution < 1.29 is 14.6 Å². The van der Waals surface area contributed by atoms with Gasteiger partial charge in [-0.1, -0.05) is 0 Å². The van der Waals surface area contributed by atoms with E-state index in [0.717, 1.165) is 24.8 Å². The Hall–Kier alpha value is -1.14. The lowest BCUT2D eigenvalue weighted by atomic mass is 10.2. The van der Waals surface area contributed by atoms with Crippen LogP contribution in [0.2, 0.25) is 0 Å². The molecule has 0 aromatic carbocycles. The highest BCUT2D eigenvalue weighted by molar-refractivity contribution is 7.13. The lowest BCUT2D eigenvalue weighted by molar-refractivity contribution is -0.136. The second kappa shape index (κ2) is 4.80. The number of carboxylic acids is 1. The van der Waals surface area contributed by atoms with Crippen LogP contribution in [0.1, 0.15) is 12.1 Å². The minimum Gasteiger partial charge on any atom is -0.481 e. The van der Waals surface area contributed by atoms with E-state index >= 15 is 0 Å². The molecular formula is C10H14N2O3S.